The SMILES string of the molecule is COc1ccc(-c2nc3ccccn3c2N)c(Cl)c1OC. The van der Waals surface area contributed by atoms with Crippen molar-refractivity contribution >= 4 is 23.1 Å². The van der Waals surface area contributed by atoms with Crippen molar-refractivity contribution in [3.8, 4) is 22.8 Å². The topological polar surface area (TPSA) is 61.8 Å². The van der Waals surface area contributed by atoms with Crippen LogP contribution in [0.1, 0.15) is 0 Å². The first kappa shape index (κ1) is 13.6. The van der Waals surface area contributed by atoms with E-state index in [2.05, 4.69) is 4.98 Å². The van der Waals surface area contributed by atoms with Gasteiger partial charge in [-0.15, -0.1) is 0 Å². The Morgan fingerprint density at radius 2 is 1.95 bits per heavy atom. The summed E-state index contributed by atoms with van der Waals surface area (Å²) in [6.45, 7) is 0. The molecule has 0 aliphatic rings. The molecule has 0 atom stereocenters. The third-order valence-corrected chi connectivity index (χ3v) is 3.68. The molecular formula is C15H14ClN3O2. The predicted molar refractivity (Wildman–Crippen MR) is 83.2 cm³/mol. The number of fused-ring (bicyclic) bond motifs is 1. The van der Waals surface area contributed by atoms with Gasteiger partial charge in [0.25, 0.3) is 0 Å². The molecule has 2 heterocycles. The molecule has 0 unspecified atom stereocenters. The Kier molecular flexibility index (Phi) is 3.35. The van der Waals surface area contributed by atoms with Gasteiger partial charge < -0.3 is 15.2 Å². The zero-order valence-electron chi connectivity index (χ0n) is 11.6. The minimum absolute atomic E-state index is 0.423. The first-order chi connectivity index (χ1) is 10.2. The maximum Gasteiger partial charge on any atom is 0.180 e. The summed E-state index contributed by atoms with van der Waals surface area (Å²) in [6.07, 6.45) is 1.86. The number of nitrogen functional groups attached to an aromatic ring is 1. The van der Waals surface area contributed by atoms with E-state index in [4.69, 9.17) is 26.8 Å². The lowest BCUT2D eigenvalue weighted by Gasteiger charge is -2.12. The minimum Gasteiger partial charge on any atom is -0.493 e. The van der Waals surface area contributed by atoms with E-state index in [1.165, 1.54) is 0 Å². The Balaban J connectivity index is 2.26. The number of methoxy groups -OCH3 is 2. The van der Waals surface area contributed by atoms with Gasteiger partial charge in [0.2, 0.25) is 0 Å². The van der Waals surface area contributed by atoms with Crippen LogP contribution in [0.25, 0.3) is 16.9 Å². The standard InChI is InChI=1S/C15H14ClN3O2/c1-20-10-7-6-9(12(16)14(10)21-2)13-15(17)19-8-4-3-5-11(19)18-13/h3-8H,17H2,1-2H3. The predicted octanol–water partition coefficient (Wildman–Crippen LogP) is 3.25. The Labute approximate surface area is 126 Å². The second-order valence-corrected chi connectivity index (χ2v) is 4.82. The average molecular weight is 304 g/mol. The van der Waals surface area contributed by atoms with E-state index in [-0.39, 0.29) is 0 Å². The van der Waals surface area contributed by atoms with Gasteiger partial charge in [-0.3, -0.25) is 4.40 Å². The summed E-state index contributed by atoms with van der Waals surface area (Å²) in [5, 5.41) is 0.423. The molecular weight excluding hydrogens is 290 g/mol. The molecule has 0 fully saturated rings. The summed E-state index contributed by atoms with van der Waals surface area (Å²) in [7, 11) is 3.10. The van der Waals surface area contributed by atoms with Gasteiger partial charge in [0.1, 0.15) is 17.2 Å². The molecule has 0 amide bonds. The first-order valence-corrected chi connectivity index (χ1v) is 6.68. The van der Waals surface area contributed by atoms with Gasteiger partial charge in [0.15, 0.2) is 11.5 Å². The number of halogens is 1. The molecule has 0 spiro atoms. The van der Waals surface area contributed by atoms with E-state index in [1.807, 2.05) is 34.9 Å². The third-order valence-electron chi connectivity index (χ3n) is 3.31. The normalized spacial score (nSPS) is 10.8. The van der Waals surface area contributed by atoms with E-state index in [9.17, 15) is 0 Å². The Morgan fingerprint density at radius 1 is 1.14 bits per heavy atom. The van der Waals surface area contributed by atoms with Gasteiger partial charge in [-0.2, -0.15) is 0 Å². The van der Waals surface area contributed by atoms with E-state index >= 15 is 0 Å². The van der Waals surface area contributed by atoms with E-state index in [0.29, 0.717) is 33.6 Å². The van der Waals surface area contributed by atoms with Crippen molar-refractivity contribution in [1.29, 1.82) is 0 Å². The highest BCUT2D eigenvalue weighted by molar-refractivity contribution is 6.35. The van der Waals surface area contributed by atoms with Crippen molar-refractivity contribution in [2.45, 2.75) is 0 Å². The smallest absolute Gasteiger partial charge is 0.180 e. The molecule has 21 heavy (non-hydrogen) atoms. The summed E-state index contributed by atoms with van der Waals surface area (Å²) in [6, 6.07) is 9.28. The monoisotopic (exact) mass is 303 g/mol. The number of pyridine rings is 1. The molecule has 6 heteroatoms. The molecule has 0 bridgehead atoms. The highest BCUT2D eigenvalue weighted by Crippen LogP contribution is 2.42. The number of rotatable bonds is 3. The minimum atomic E-state index is 0.423. The number of imidazole rings is 1. The molecule has 3 aromatic rings. The highest BCUT2D eigenvalue weighted by Gasteiger charge is 2.19. The second-order valence-electron chi connectivity index (χ2n) is 4.44. The Hall–Kier alpha value is -2.40. The number of nitrogens with zero attached hydrogens (tertiary/aromatic N) is 2. The molecule has 2 aromatic heterocycles. The lowest BCUT2D eigenvalue weighted by Crippen LogP contribution is -1.96. The average Bonchev–Trinajstić information content (AvgIpc) is 2.84. The van der Waals surface area contributed by atoms with Gasteiger partial charge in [-0.25, -0.2) is 4.98 Å². The molecule has 0 saturated heterocycles. The molecule has 0 aliphatic heterocycles. The molecule has 1 aromatic carbocycles. The van der Waals surface area contributed by atoms with Crippen molar-refractivity contribution in [1.82, 2.24) is 9.38 Å². The fraction of sp³-hybridized carbons (Fsp3) is 0.133. The van der Waals surface area contributed by atoms with Crippen LogP contribution in [-0.4, -0.2) is 23.6 Å². The van der Waals surface area contributed by atoms with Crippen LogP contribution in [0, 0.1) is 0 Å². The summed E-state index contributed by atoms with van der Waals surface area (Å²) in [5.41, 5.74) is 8.25. The number of nitrogens with two attached hydrogens (primary N) is 1. The van der Waals surface area contributed by atoms with Gasteiger partial charge in [0, 0.05) is 11.8 Å². The Bertz CT molecular complexity index is 814. The molecule has 2 N–H and O–H groups in total. The first-order valence-electron chi connectivity index (χ1n) is 6.30. The quantitative estimate of drug-likeness (QED) is 0.807. The van der Waals surface area contributed by atoms with Crippen LogP contribution in [0.2, 0.25) is 5.02 Å². The molecule has 5 nitrogen and oxygen atoms in total. The lowest BCUT2D eigenvalue weighted by atomic mass is 10.1. The van der Waals surface area contributed by atoms with Crippen LogP contribution >= 0.6 is 11.6 Å². The number of benzene rings is 1. The fourth-order valence-electron chi connectivity index (χ4n) is 2.29. The van der Waals surface area contributed by atoms with Gasteiger partial charge in [0.05, 0.1) is 19.2 Å². The van der Waals surface area contributed by atoms with Crippen LogP contribution in [0.5, 0.6) is 11.5 Å². The second kappa shape index (κ2) is 5.18. The number of hydrogen-bond acceptors (Lipinski definition) is 4. The summed E-state index contributed by atoms with van der Waals surface area (Å²) < 4.78 is 12.3. The summed E-state index contributed by atoms with van der Waals surface area (Å²) in [5.74, 6) is 1.56. The number of anilines is 1. The summed E-state index contributed by atoms with van der Waals surface area (Å²) in [4.78, 5) is 4.53. The fourth-order valence-corrected chi connectivity index (χ4v) is 2.61. The summed E-state index contributed by atoms with van der Waals surface area (Å²) >= 11 is 6.42. The van der Waals surface area contributed by atoms with Crippen molar-refractivity contribution in [2.24, 2.45) is 0 Å². The molecule has 0 radical (unpaired) electrons. The largest absolute Gasteiger partial charge is 0.493 e. The number of hydrogen-bond donors (Lipinski definition) is 1. The van der Waals surface area contributed by atoms with E-state index in [0.717, 1.165) is 5.65 Å². The van der Waals surface area contributed by atoms with Crippen LogP contribution in [0.4, 0.5) is 5.82 Å². The van der Waals surface area contributed by atoms with Gasteiger partial charge in [-0.05, 0) is 24.3 Å². The highest BCUT2D eigenvalue weighted by atomic mass is 35.5. The van der Waals surface area contributed by atoms with Crippen LogP contribution in [-0.2, 0) is 0 Å². The van der Waals surface area contributed by atoms with Crippen molar-refractivity contribution in [3.63, 3.8) is 0 Å². The molecule has 3 rings (SSSR count). The maximum atomic E-state index is 6.42. The zero-order chi connectivity index (χ0) is 15.0. The lowest BCUT2D eigenvalue weighted by molar-refractivity contribution is 0.355. The van der Waals surface area contributed by atoms with Gasteiger partial charge >= 0.3 is 0 Å². The van der Waals surface area contributed by atoms with E-state index < -0.39 is 0 Å². The molecule has 0 saturated carbocycles. The number of aromatic nitrogens is 2. The van der Waals surface area contributed by atoms with Crippen molar-refractivity contribution in [3.05, 3.63) is 41.6 Å². The van der Waals surface area contributed by atoms with Gasteiger partial charge in [-0.1, -0.05) is 17.7 Å². The zero-order valence-corrected chi connectivity index (χ0v) is 12.4. The molecule has 0 aliphatic carbocycles. The van der Waals surface area contributed by atoms with Crippen LogP contribution in [0.3, 0.4) is 0 Å². The molecule has 108 valence electrons. The maximum absolute atomic E-state index is 6.42. The van der Waals surface area contributed by atoms with Crippen LogP contribution < -0.4 is 15.2 Å². The van der Waals surface area contributed by atoms with Crippen molar-refractivity contribution in [2.75, 3.05) is 20.0 Å². The van der Waals surface area contributed by atoms with Crippen LogP contribution in [0.15, 0.2) is 36.5 Å². The Morgan fingerprint density at radius 3 is 2.62 bits per heavy atom. The van der Waals surface area contributed by atoms with Crippen molar-refractivity contribution < 1.29 is 9.47 Å². The number of ether oxygens (including phenoxy) is 2. The third kappa shape index (κ3) is 2.06. The van der Waals surface area contributed by atoms with E-state index in [1.54, 1.807) is 20.3 Å².